The Morgan fingerprint density at radius 2 is 1.36 bits per heavy atom. The van der Waals surface area contributed by atoms with Crippen LogP contribution < -0.4 is 5.73 Å². The molecule has 3 N–H and O–H groups in total. The summed E-state index contributed by atoms with van der Waals surface area (Å²) in [6.07, 6.45) is 0.167. The molecule has 0 rings (SSSR count). The van der Waals surface area contributed by atoms with Crippen molar-refractivity contribution in [2.45, 2.75) is 59.8 Å². The minimum atomic E-state index is -0.833. The van der Waals surface area contributed by atoms with Crippen molar-refractivity contribution in [2.24, 2.45) is 5.73 Å². The molecule has 0 aromatic heterocycles. The summed E-state index contributed by atoms with van der Waals surface area (Å²) < 4.78 is 0. The molecule has 1 unspecified atom stereocenters. The molecule has 4 heteroatoms. The summed E-state index contributed by atoms with van der Waals surface area (Å²) in [5, 5.41) is 7.42. The van der Waals surface area contributed by atoms with Gasteiger partial charge in [-0.3, -0.25) is 9.69 Å². The highest BCUT2D eigenvalue weighted by molar-refractivity contribution is 5.62. The molecule has 0 aromatic carbocycles. The summed E-state index contributed by atoms with van der Waals surface area (Å²) in [5.41, 5.74) is 5.76. The van der Waals surface area contributed by atoms with E-state index in [1.807, 2.05) is 6.92 Å². The van der Waals surface area contributed by atoms with Crippen LogP contribution in [0.4, 0.5) is 0 Å². The molecule has 4 nitrogen and oxygen atoms in total. The van der Waals surface area contributed by atoms with Crippen LogP contribution in [0, 0.1) is 0 Å². The minimum Gasteiger partial charge on any atom is -0.481 e. The van der Waals surface area contributed by atoms with Crippen molar-refractivity contribution in [3.63, 3.8) is 0 Å². The fraction of sp³-hybridized carbons (Fsp3) is 0.900. The second kappa shape index (κ2) is 7.76. The maximum absolute atomic E-state index is 9.00. The molecule has 1 atom stereocenters. The van der Waals surface area contributed by atoms with Gasteiger partial charge in [0.15, 0.2) is 0 Å². The van der Waals surface area contributed by atoms with Crippen molar-refractivity contribution < 1.29 is 9.90 Å². The zero-order valence-corrected chi connectivity index (χ0v) is 10.1. The largest absolute Gasteiger partial charge is 0.481 e. The lowest BCUT2D eigenvalue weighted by Crippen LogP contribution is -2.47. The lowest BCUT2D eigenvalue weighted by Gasteiger charge is -2.33. The van der Waals surface area contributed by atoms with Gasteiger partial charge in [0.2, 0.25) is 0 Å². The van der Waals surface area contributed by atoms with Crippen molar-refractivity contribution in [1.82, 2.24) is 4.90 Å². The predicted molar refractivity (Wildman–Crippen MR) is 59.1 cm³/mol. The Balaban J connectivity index is 0. The highest BCUT2D eigenvalue weighted by atomic mass is 16.4. The molecule has 0 bridgehead atoms. The van der Waals surface area contributed by atoms with E-state index in [-0.39, 0.29) is 6.17 Å². The summed E-state index contributed by atoms with van der Waals surface area (Å²) in [5.74, 6) is -0.833. The molecular weight excluding hydrogens is 180 g/mol. The number of carboxylic acids is 1. The van der Waals surface area contributed by atoms with Gasteiger partial charge in [0.05, 0.1) is 6.17 Å². The van der Waals surface area contributed by atoms with Gasteiger partial charge in [0.1, 0.15) is 0 Å². The molecule has 0 aliphatic rings. The molecule has 86 valence electrons. The number of nitrogens with two attached hydrogens (primary N) is 1. The van der Waals surface area contributed by atoms with Crippen LogP contribution in [0.1, 0.15) is 41.5 Å². The number of carboxylic acid groups (broad SMARTS) is 1. The van der Waals surface area contributed by atoms with Gasteiger partial charge < -0.3 is 10.8 Å². The molecule has 0 spiro atoms. The van der Waals surface area contributed by atoms with Gasteiger partial charge in [-0.05, 0) is 34.6 Å². The minimum absolute atomic E-state index is 0.167. The zero-order chi connectivity index (χ0) is 11.9. The Labute approximate surface area is 87.1 Å². The van der Waals surface area contributed by atoms with Gasteiger partial charge in [-0.1, -0.05) is 0 Å². The maximum Gasteiger partial charge on any atom is 0.300 e. The second-order valence-electron chi connectivity index (χ2n) is 3.89. The second-order valence-corrected chi connectivity index (χ2v) is 3.89. The normalized spacial score (nSPS) is 12.7. The van der Waals surface area contributed by atoms with Gasteiger partial charge in [-0.25, -0.2) is 0 Å². The van der Waals surface area contributed by atoms with E-state index in [0.29, 0.717) is 12.1 Å². The smallest absolute Gasteiger partial charge is 0.300 e. The molecule has 0 radical (unpaired) electrons. The quantitative estimate of drug-likeness (QED) is 0.684. The van der Waals surface area contributed by atoms with E-state index in [1.165, 1.54) is 0 Å². The topological polar surface area (TPSA) is 66.6 Å². The van der Waals surface area contributed by atoms with Gasteiger partial charge in [0, 0.05) is 19.0 Å². The van der Waals surface area contributed by atoms with Crippen LogP contribution in [0.2, 0.25) is 0 Å². The Hall–Kier alpha value is -0.610. The van der Waals surface area contributed by atoms with Gasteiger partial charge in [-0.15, -0.1) is 0 Å². The molecule has 0 aliphatic heterocycles. The number of aliphatic carboxylic acids is 1. The third-order valence-electron chi connectivity index (χ3n) is 1.66. The van der Waals surface area contributed by atoms with E-state index < -0.39 is 5.97 Å². The van der Waals surface area contributed by atoms with Gasteiger partial charge in [-0.2, -0.15) is 0 Å². The number of nitrogens with zero attached hydrogens (tertiary/aromatic N) is 1. The maximum atomic E-state index is 9.00. The van der Waals surface area contributed by atoms with Crippen LogP contribution in [0.3, 0.4) is 0 Å². The Bertz CT molecular complexity index is 133. The molecule has 0 aromatic rings. The molecule has 0 fully saturated rings. The number of rotatable bonds is 3. The van der Waals surface area contributed by atoms with Crippen molar-refractivity contribution in [1.29, 1.82) is 0 Å². The lowest BCUT2D eigenvalue weighted by atomic mass is 10.2. The summed E-state index contributed by atoms with van der Waals surface area (Å²) in [4.78, 5) is 11.3. The third-order valence-corrected chi connectivity index (χ3v) is 1.66. The molecule has 14 heavy (non-hydrogen) atoms. The summed E-state index contributed by atoms with van der Waals surface area (Å²) in [6.45, 7) is 11.8. The van der Waals surface area contributed by atoms with Crippen LogP contribution >= 0.6 is 0 Å². The Morgan fingerprint density at radius 1 is 1.14 bits per heavy atom. The summed E-state index contributed by atoms with van der Waals surface area (Å²) in [7, 11) is 0. The van der Waals surface area contributed by atoms with Crippen molar-refractivity contribution in [2.75, 3.05) is 0 Å². The molecule has 0 amide bonds. The molecule has 0 saturated heterocycles. The first kappa shape index (κ1) is 15.8. The number of carbonyl (C=O) groups is 1. The van der Waals surface area contributed by atoms with E-state index in [1.54, 1.807) is 0 Å². The fourth-order valence-corrected chi connectivity index (χ4v) is 1.54. The first-order chi connectivity index (χ1) is 6.20. The molecular formula is C10H24N2O2. The third kappa shape index (κ3) is 9.48. The van der Waals surface area contributed by atoms with Crippen molar-refractivity contribution in [3.8, 4) is 0 Å². The van der Waals surface area contributed by atoms with E-state index in [9.17, 15) is 0 Å². The van der Waals surface area contributed by atoms with Crippen molar-refractivity contribution in [3.05, 3.63) is 0 Å². The van der Waals surface area contributed by atoms with E-state index >= 15 is 0 Å². The van der Waals surface area contributed by atoms with Gasteiger partial charge in [0.25, 0.3) is 5.97 Å². The molecule has 0 heterocycles. The van der Waals surface area contributed by atoms with E-state index in [4.69, 9.17) is 15.6 Å². The van der Waals surface area contributed by atoms with Crippen LogP contribution in [0.15, 0.2) is 0 Å². The van der Waals surface area contributed by atoms with Gasteiger partial charge >= 0.3 is 0 Å². The average Bonchev–Trinajstić information content (AvgIpc) is 1.80. The Morgan fingerprint density at radius 3 is 1.36 bits per heavy atom. The van der Waals surface area contributed by atoms with Crippen molar-refractivity contribution >= 4 is 5.97 Å². The van der Waals surface area contributed by atoms with Crippen LogP contribution in [0.25, 0.3) is 0 Å². The first-order valence-electron chi connectivity index (χ1n) is 4.92. The number of hydrogen-bond acceptors (Lipinski definition) is 3. The Kier molecular flexibility index (Phi) is 8.79. The zero-order valence-electron chi connectivity index (χ0n) is 10.1. The predicted octanol–water partition coefficient (Wildman–Crippen LogP) is 1.50. The van der Waals surface area contributed by atoms with Crippen LogP contribution in [-0.2, 0) is 4.79 Å². The van der Waals surface area contributed by atoms with E-state index in [2.05, 4.69) is 32.6 Å². The standard InChI is InChI=1S/C8H20N2.C2H4O2/c1-6(2)10(7(3)4)8(5)9;1-2(3)4/h6-8H,9H2,1-5H3;1H3,(H,3,4). The lowest BCUT2D eigenvalue weighted by molar-refractivity contribution is -0.134. The van der Waals surface area contributed by atoms with E-state index in [0.717, 1.165) is 6.92 Å². The molecule has 0 saturated carbocycles. The molecule has 0 aliphatic carbocycles. The first-order valence-corrected chi connectivity index (χ1v) is 4.92. The highest BCUT2D eigenvalue weighted by Crippen LogP contribution is 2.06. The fourth-order valence-electron chi connectivity index (χ4n) is 1.54. The SMILES string of the molecule is CC(=O)O.CC(C)N(C(C)C)C(C)N. The van der Waals surface area contributed by atoms with Crippen LogP contribution in [-0.4, -0.2) is 34.2 Å². The summed E-state index contributed by atoms with van der Waals surface area (Å²) in [6, 6.07) is 1.08. The van der Waals surface area contributed by atoms with Crippen LogP contribution in [0.5, 0.6) is 0 Å². The monoisotopic (exact) mass is 204 g/mol. The average molecular weight is 204 g/mol. The summed E-state index contributed by atoms with van der Waals surface area (Å²) >= 11 is 0. The number of hydrogen-bond donors (Lipinski definition) is 2. The highest BCUT2D eigenvalue weighted by Gasteiger charge is 2.15.